The van der Waals surface area contributed by atoms with Gasteiger partial charge in [0, 0.05) is 18.8 Å². The van der Waals surface area contributed by atoms with Gasteiger partial charge in [-0.2, -0.15) is 0 Å². The Hall–Kier alpha value is -1.58. The van der Waals surface area contributed by atoms with Gasteiger partial charge in [0.15, 0.2) is 0 Å². The Labute approximate surface area is 124 Å². The summed E-state index contributed by atoms with van der Waals surface area (Å²) in [7, 11) is 4.08. The normalized spacial score (nSPS) is 10.8. The molecule has 0 spiro atoms. The molecule has 2 aromatic carbocycles. The van der Waals surface area contributed by atoms with Crippen LogP contribution in [0.5, 0.6) is 0 Å². The SMILES string of the molecule is CN(C)Cc1cccc(NCc2ccc(Cl)c(F)c2)c1. The van der Waals surface area contributed by atoms with Crippen LogP contribution in [0.3, 0.4) is 0 Å². The first kappa shape index (κ1) is 14.8. The van der Waals surface area contributed by atoms with Crippen molar-refractivity contribution in [3.05, 3.63) is 64.4 Å². The van der Waals surface area contributed by atoms with Gasteiger partial charge < -0.3 is 10.2 Å². The van der Waals surface area contributed by atoms with Crippen molar-refractivity contribution in [1.29, 1.82) is 0 Å². The number of hydrogen-bond acceptors (Lipinski definition) is 2. The van der Waals surface area contributed by atoms with Gasteiger partial charge in [0.2, 0.25) is 0 Å². The van der Waals surface area contributed by atoms with Crippen LogP contribution in [0, 0.1) is 5.82 Å². The van der Waals surface area contributed by atoms with Gasteiger partial charge in [-0.25, -0.2) is 4.39 Å². The third-order valence-electron chi connectivity index (χ3n) is 2.91. The molecule has 0 fully saturated rings. The van der Waals surface area contributed by atoms with E-state index in [0.717, 1.165) is 17.8 Å². The molecule has 2 rings (SSSR count). The van der Waals surface area contributed by atoms with Gasteiger partial charge in [0.25, 0.3) is 0 Å². The molecule has 4 heteroatoms. The number of hydrogen-bond donors (Lipinski definition) is 1. The van der Waals surface area contributed by atoms with Crippen molar-refractivity contribution in [2.75, 3.05) is 19.4 Å². The van der Waals surface area contributed by atoms with Crippen LogP contribution in [0.2, 0.25) is 5.02 Å². The van der Waals surface area contributed by atoms with E-state index < -0.39 is 0 Å². The first-order valence-electron chi connectivity index (χ1n) is 6.46. The van der Waals surface area contributed by atoms with Crippen LogP contribution in [0.1, 0.15) is 11.1 Å². The van der Waals surface area contributed by atoms with Gasteiger partial charge in [-0.3, -0.25) is 0 Å². The maximum absolute atomic E-state index is 13.3. The zero-order valence-electron chi connectivity index (χ0n) is 11.7. The quantitative estimate of drug-likeness (QED) is 0.890. The van der Waals surface area contributed by atoms with Crippen molar-refractivity contribution in [2.45, 2.75) is 13.1 Å². The van der Waals surface area contributed by atoms with Crippen LogP contribution >= 0.6 is 11.6 Å². The van der Waals surface area contributed by atoms with E-state index in [1.54, 1.807) is 6.07 Å². The number of nitrogens with zero attached hydrogens (tertiary/aromatic N) is 1. The number of rotatable bonds is 5. The highest BCUT2D eigenvalue weighted by atomic mass is 35.5. The fourth-order valence-electron chi connectivity index (χ4n) is 2.00. The summed E-state index contributed by atoms with van der Waals surface area (Å²) in [6.07, 6.45) is 0. The van der Waals surface area contributed by atoms with E-state index in [1.807, 2.05) is 32.3 Å². The molecule has 0 saturated heterocycles. The third-order valence-corrected chi connectivity index (χ3v) is 3.21. The highest BCUT2D eigenvalue weighted by Crippen LogP contribution is 2.17. The summed E-state index contributed by atoms with van der Waals surface area (Å²) in [4.78, 5) is 2.12. The van der Waals surface area contributed by atoms with Crippen molar-refractivity contribution in [3.8, 4) is 0 Å². The van der Waals surface area contributed by atoms with Gasteiger partial charge in [0.05, 0.1) is 5.02 Å². The lowest BCUT2D eigenvalue weighted by Crippen LogP contribution is -2.10. The van der Waals surface area contributed by atoms with E-state index in [1.165, 1.54) is 11.6 Å². The second-order valence-corrected chi connectivity index (χ2v) is 5.45. The van der Waals surface area contributed by atoms with E-state index in [9.17, 15) is 4.39 Å². The minimum atomic E-state index is -0.382. The van der Waals surface area contributed by atoms with Gasteiger partial charge in [-0.15, -0.1) is 0 Å². The van der Waals surface area contributed by atoms with Crippen molar-refractivity contribution >= 4 is 17.3 Å². The topological polar surface area (TPSA) is 15.3 Å². The minimum Gasteiger partial charge on any atom is -0.381 e. The number of nitrogens with one attached hydrogen (secondary N) is 1. The van der Waals surface area contributed by atoms with E-state index in [-0.39, 0.29) is 10.8 Å². The molecule has 0 bridgehead atoms. The largest absolute Gasteiger partial charge is 0.381 e. The van der Waals surface area contributed by atoms with Crippen molar-refractivity contribution in [1.82, 2.24) is 4.90 Å². The molecule has 0 aromatic heterocycles. The summed E-state index contributed by atoms with van der Waals surface area (Å²) in [5.41, 5.74) is 3.13. The number of halogens is 2. The van der Waals surface area contributed by atoms with Crippen LogP contribution in [-0.4, -0.2) is 19.0 Å². The summed E-state index contributed by atoms with van der Waals surface area (Å²) in [6.45, 7) is 1.46. The smallest absolute Gasteiger partial charge is 0.142 e. The zero-order chi connectivity index (χ0) is 14.5. The van der Waals surface area contributed by atoms with E-state index in [0.29, 0.717) is 6.54 Å². The fraction of sp³-hybridized carbons (Fsp3) is 0.250. The van der Waals surface area contributed by atoms with Crippen molar-refractivity contribution in [3.63, 3.8) is 0 Å². The molecule has 0 atom stereocenters. The molecule has 0 aliphatic heterocycles. The standard InChI is InChI=1S/C16H18ClFN2/c1-20(2)11-13-4-3-5-14(8-13)19-10-12-6-7-15(17)16(18)9-12/h3-9,19H,10-11H2,1-2H3. The van der Waals surface area contributed by atoms with E-state index in [4.69, 9.17) is 11.6 Å². The van der Waals surface area contributed by atoms with Crippen molar-refractivity contribution < 1.29 is 4.39 Å². The third kappa shape index (κ3) is 4.22. The molecule has 0 heterocycles. The molecule has 0 amide bonds. The zero-order valence-corrected chi connectivity index (χ0v) is 12.4. The Morgan fingerprint density at radius 1 is 1.10 bits per heavy atom. The molecular formula is C16H18ClFN2. The van der Waals surface area contributed by atoms with Gasteiger partial charge >= 0.3 is 0 Å². The van der Waals surface area contributed by atoms with Gasteiger partial charge in [-0.1, -0.05) is 29.8 Å². The lowest BCUT2D eigenvalue weighted by atomic mass is 10.1. The summed E-state index contributed by atoms with van der Waals surface area (Å²) < 4.78 is 13.3. The summed E-state index contributed by atoms with van der Waals surface area (Å²) in [5, 5.41) is 3.45. The second kappa shape index (κ2) is 6.73. The molecule has 0 unspecified atom stereocenters. The molecule has 2 nitrogen and oxygen atoms in total. The number of benzene rings is 2. The van der Waals surface area contributed by atoms with E-state index >= 15 is 0 Å². The minimum absolute atomic E-state index is 0.154. The Balaban J connectivity index is 2.01. The molecule has 2 aromatic rings. The average Bonchev–Trinajstić information content (AvgIpc) is 2.40. The predicted octanol–water partition coefficient (Wildman–Crippen LogP) is 4.15. The maximum Gasteiger partial charge on any atom is 0.142 e. The summed E-state index contributed by atoms with van der Waals surface area (Å²) >= 11 is 5.67. The predicted molar refractivity (Wildman–Crippen MR) is 82.6 cm³/mol. The molecule has 0 saturated carbocycles. The summed E-state index contributed by atoms with van der Waals surface area (Å²) in [5.74, 6) is -0.382. The molecule has 20 heavy (non-hydrogen) atoms. The maximum atomic E-state index is 13.3. The van der Waals surface area contributed by atoms with Crippen LogP contribution in [0.25, 0.3) is 0 Å². The van der Waals surface area contributed by atoms with Crippen LogP contribution < -0.4 is 5.32 Å². The first-order valence-corrected chi connectivity index (χ1v) is 6.84. The monoisotopic (exact) mass is 292 g/mol. The van der Waals surface area contributed by atoms with Gasteiger partial charge in [-0.05, 0) is 49.5 Å². The van der Waals surface area contributed by atoms with Crippen LogP contribution in [0.4, 0.5) is 10.1 Å². The lowest BCUT2D eigenvalue weighted by molar-refractivity contribution is 0.402. The molecule has 0 radical (unpaired) electrons. The summed E-state index contributed by atoms with van der Waals surface area (Å²) in [6, 6.07) is 13.1. The molecule has 106 valence electrons. The first-order chi connectivity index (χ1) is 9.54. The Kier molecular flexibility index (Phi) is 4.99. The Morgan fingerprint density at radius 2 is 1.90 bits per heavy atom. The average molecular weight is 293 g/mol. The Morgan fingerprint density at radius 3 is 2.60 bits per heavy atom. The highest BCUT2D eigenvalue weighted by Gasteiger charge is 2.02. The van der Waals surface area contributed by atoms with Crippen LogP contribution in [-0.2, 0) is 13.1 Å². The molecule has 0 aliphatic carbocycles. The van der Waals surface area contributed by atoms with Gasteiger partial charge in [0.1, 0.15) is 5.82 Å². The second-order valence-electron chi connectivity index (χ2n) is 5.04. The lowest BCUT2D eigenvalue weighted by Gasteiger charge is -2.12. The highest BCUT2D eigenvalue weighted by molar-refractivity contribution is 6.30. The molecule has 0 aliphatic rings. The van der Waals surface area contributed by atoms with E-state index in [2.05, 4.69) is 22.3 Å². The fourth-order valence-corrected chi connectivity index (χ4v) is 2.12. The van der Waals surface area contributed by atoms with Crippen molar-refractivity contribution in [2.24, 2.45) is 0 Å². The molecule has 1 N–H and O–H groups in total. The number of anilines is 1. The molecular weight excluding hydrogens is 275 g/mol. The Bertz CT molecular complexity index is 584. The van der Waals surface area contributed by atoms with Crippen LogP contribution in [0.15, 0.2) is 42.5 Å².